The maximum Gasteiger partial charge on any atom is 0.334 e. The molecule has 1 heterocycles. The van der Waals surface area contributed by atoms with Crippen LogP contribution in [-0.2, 0) is 14.3 Å². The third kappa shape index (κ3) is 3.61. The summed E-state index contributed by atoms with van der Waals surface area (Å²) < 4.78 is 10.5. The third-order valence-electron chi connectivity index (χ3n) is 2.25. The predicted octanol–water partition coefficient (Wildman–Crippen LogP) is -0.0160. The van der Waals surface area contributed by atoms with Crippen molar-refractivity contribution in [3.63, 3.8) is 0 Å². The molecule has 2 unspecified atom stereocenters. The van der Waals surface area contributed by atoms with Gasteiger partial charge in [0.1, 0.15) is 0 Å². The molecule has 0 aromatic rings. The van der Waals surface area contributed by atoms with Gasteiger partial charge in [-0.05, 0) is 19.3 Å². The van der Waals surface area contributed by atoms with Crippen molar-refractivity contribution in [1.29, 1.82) is 0 Å². The first-order valence-corrected chi connectivity index (χ1v) is 4.90. The Labute approximate surface area is 83.2 Å². The summed E-state index contributed by atoms with van der Waals surface area (Å²) in [7, 11) is 0. The number of hydrogen-bond donors (Lipinski definition) is 2. The number of aliphatic carboxylic acids is 1. The zero-order valence-electron chi connectivity index (χ0n) is 8.15. The van der Waals surface area contributed by atoms with Crippen LogP contribution < -0.4 is 5.73 Å². The lowest BCUT2D eigenvalue weighted by Crippen LogP contribution is -2.36. The van der Waals surface area contributed by atoms with Crippen LogP contribution in [0.25, 0.3) is 0 Å². The lowest BCUT2D eigenvalue weighted by atomic mass is 10.1. The summed E-state index contributed by atoms with van der Waals surface area (Å²) in [5.41, 5.74) is 5.24. The van der Waals surface area contributed by atoms with Gasteiger partial charge in [-0.15, -0.1) is 0 Å². The van der Waals surface area contributed by atoms with E-state index in [0.717, 1.165) is 25.9 Å². The van der Waals surface area contributed by atoms with Crippen LogP contribution >= 0.6 is 0 Å². The highest BCUT2D eigenvalue weighted by atomic mass is 16.5. The maximum atomic E-state index is 10.6. The molecule has 1 saturated heterocycles. The van der Waals surface area contributed by atoms with E-state index in [9.17, 15) is 4.79 Å². The normalized spacial score (nSPS) is 24.5. The van der Waals surface area contributed by atoms with Crippen molar-refractivity contribution in [2.24, 2.45) is 5.73 Å². The van der Waals surface area contributed by atoms with E-state index in [-0.39, 0.29) is 12.6 Å². The van der Waals surface area contributed by atoms with Gasteiger partial charge in [0.15, 0.2) is 6.10 Å². The molecule has 5 heteroatoms. The van der Waals surface area contributed by atoms with Crippen molar-refractivity contribution in [3.8, 4) is 0 Å². The fraction of sp³-hybridized carbons (Fsp3) is 0.889. The average molecular weight is 203 g/mol. The molecule has 1 aliphatic heterocycles. The highest BCUT2D eigenvalue weighted by Gasteiger charge is 2.20. The number of hydrogen-bond acceptors (Lipinski definition) is 4. The topological polar surface area (TPSA) is 81.8 Å². The van der Waals surface area contributed by atoms with Crippen LogP contribution in [0.2, 0.25) is 0 Å². The van der Waals surface area contributed by atoms with Crippen molar-refractivity contribution in [1.82, 2.24) is 0 Å². The molecule has 5 nitrogen and oxygen atoms in total. The van der Waals surface area contributed by atoms with E-state index in [1.54, 1.807) is 0 Å². The number of nitrogens with two attached hydrogens (primary N) is 1. The molecule has 3 N–H and O–H groups in total. The van der Waals surface area contributed by atoms with Gasteiger partial charge in [-0.2, -0.15) is 0 Å². The number of rotatable bonds is 5. The SMILES string of the molecule is NCC(OCC1CCCCO1)C(=O)O. The summed E-state index contributed by atoms with van der Waals surface area (Å²) in [6.45, 7) is 1.07. The van der Waals surface area contributed by atoms with Crippen molar-refractivity contribution < 1.29 is 19.4 Å². The largest absolute Gasteiger partial charge is 0.479 e. The van der Waals surface area contributed by atoms with Crippen LogP contribution in [-0.4, -0.2) is 43.0 Å². The standard InChI is InChI=1S/C9H17NO4/c10-5-8(9(11)12)14-6-7-3-1-2-4-13-7/h7-8H,1-6,10H2,(H,11,12). The first-order valence-electron chi connectivity index (χ1n) is 4.90. The summed E-state index contributed by atoms with van der Waals surface area (Å²) in [4.78, 5) is 10.6. The summed E-state index contributed by atoms with van der Waals surface area (Å²) >= 11 is 0. The summed E-state index contributed by atoms with van der Waals surface area (Å²) in [6, 6.07) is 0. The lowest BCUT2D eigenvalue weighted by molar-refractivity contribution is -0.153. The van der Waals surface area contributed by atoms with Gasteiger partial charge in [0, 0.05) is 13.2 Å². The van der Waals surface area contributed by atoms with Gasteiger partial charge in [0.2, 0.25) is 0 Å². The van der Waals surface area contributed by atoms with Crippen molar-refractivity contribution in [3.05, 3.63) is 0 Å². The predicted molar refractivity (Wildman–Crippen MR) is 50.0 cm³/mol. The zero-order valence-corrected chi connectivity index (χ0v) is 8.15. The molecule has 0 radical (unpaired) electrons. The van der Waals surface area contributed by atoms with E-state index < -0.39 is 12.1 Å². The van der Waals surface area contributed by atoms with E-state index in [1.807, 2.05) is 0 Å². The minimum atomic E-state index is -1.01. The van der Waals surface area contributed by atoms with Gasteiger partial charge < -0.3 is 20.3 Å². The first kappa shape index (κ1) is 11.4. The first-order chi connectivity index (χ1) is 6.74. The average Bonchev–Trinajstić information content (AvgIpc) is 2.20. The molecule has 1 aliphatic rings. The molecule has 0 aliphatic carbocycles. The van der Waals surface area contributed by atoms with Crippen LogP contribution in [0.5, 0.6) is 0 Å². The van der Waals surface area contributed by atoms with E-state index in [4.69, 9.17) is 20.3 Å². The van der Waals surface area contributed by atoms with Crippen molar-refractivity contribution >= 4 is 5.97 Å². The Bertz CT molecular complexity index is 180. The molecule has 1 rings (SSSR count). The van der Waals surface area contributed by atoms with Crippen LogP contribution in [0, 0.1) is 0 Å². The highest BCUT2D eigenvalue weighted by molar-refractivity contribution is 5.72. The molecule has 1 fully saturated rings. The number of carbonyl (C=O) groups is 1. The minimum Gasteiger partial charge on any atom is -0.479 e. The Morgan fingerprint density at radius 1 is 1.64 bits per heavy atom. The lowest BCUT2D eigenvalue weighted by Gasteiger charge is -2.23. The van der Waals surface area contributed by atoms with E-state index in [1.165, 1.54) is 0 Å². The second-order valence-electron chi connectivity index (χ2n) is 3.38. The number of carboxylic acids is 1. The van der Waals surface area contributed by atoms with E-state index in [0.29, 0.717) is 6.61 Å². The van der Waals surface area contributed by atoms with Crippen molar-refractivity contribution in [2.45, 2.75) is 31.5 Å². The van der Waals surface area contributed by atoms with Gasteiger partial charge >= 0.3 is 5.97 Å². The molecule has 82 valence electrons. The van der Waals surface area contributed by atoms with Gasteiger partial charge in [-0.25, -0.2) is 4.79 Å². The fourth-order valence-corrected chi connectivity index (χ4v) is 1.40. The quantitative estimate of drug-likeness (QED) is 0.656. The fourth-order valence-electron chi connectivity index (χ4n) is 1.40. The molecule has 2 atom stereocenters. The van der Waals surface area contributed by atoms with E-state index >= 15 is 0 Å². The smallest absolute Gasteiger partial charge is 0.334 e. The molecular formula is C9H17NO4. The van der Waals surface area contributed by atoms with Crippen LogP contribution in [0.4, 0.5) is 0 Å². The monoisotopic (exact) mass is 203 g/mol. The number of carboxylic acid groups (broad SMARTS) is 1. The summed E-state index contributed by atoms with van der Waals surface area (Å²) in [6.07, 6.45) is 2.28. The molecule has 0 aromatic heterocycles. The van der Waals surface area contributed by atoms with Crippen molar-refractivity contribution in [2.75, 3.05) is 19.8 Å². The van der Waals surface area contributed by atoms with E-state index in [2.05, 4.69) is 0 Å². The Balaban J connectivity index is 2.20. The Hall–Kier alpha value is -0.650. The molecule has 0 amide bonds. The van der Waals surface area contributed by atoms with Gasteiger partial charge in [-0.1, -0.05) is 0 Å². The Morgan fingerprint density at radius 2 is 2.43 bits per heavy atom. The molecular weight excluding hydrogens is 186 g/mol. The molecule has 14 heavy (non-hydrogen) atoms. The maximum absolute atomic E-state index is 10.6. The Morgan fingerprint density at radius 3 is 2.93 bits per heavy atom. The minimum absolute atomic E-state index is 0.00204. The van der Waals surface area contributed by atoms with Gasteiger partial charge in [0.25, 0.3) is 0 Å². The summed E-state index contributed by atoms with van der Waals surface area (Å²) in [5, 5.41) is 8.66. The second-order valence-corrected chi connectivity index (χ2v) is 3.38. The highest BCUT2D eigenvalue weighted by Crippen LogP contribution is 2.13. The zero-order chi connectivity index (χ0) is 10.4. The van der Waals surface area contributed by atoms with Crippen LogP contribution in [0.1, 0.15) is 19.3 Å². The number of ether oxygens (including phenoxy) is 2. The Kier molecular flexibility index (Phi) is 4.86. The van der Waals surface area contributed by atoms with Gasteiger partial charge in [0.05, 0.1) is 12.7 Å². The van der Waals surface area contributed by atoms with Gasteiger partial charge in [-0.3, -0.25) is 0 Å². The van der Waals surface area contributed by atoms with Crippen LogP contribution in [0.3, 0.4) is 0 Å². The molecule has 0 aromatic carbocycles. The molecule has 0 bridgehead atoms. The molecule has 0 saturated carbocycles. The third-order valence-corrected chi connectivity index (χ3v) is 2.25. The second kappa shape index (κ2) is 5.95. The van der Waals surface area contributed by atoms with Crippen LogP contribution in [0.15, 0.2) is 0 Å². The molecule has 0 spiro atoms. The summed E-state index contributed by atoms with van der Waals surface area (Å²) in [5.74, 6) is -1.01.